The van der Waals surface area contributed by atoms with Gasteiger partial charge in [-0.3, -0.25) is 14.9 Å². The van der Waals surface area contributed by atoms with Gasteiger partial charge in [-0.15, -0.1) is 0 Å². The number of nitrogens with zero attached hydrogens (tertiary/aromatic N) is 2. The minimum Gasteiger partial charge on any atom is -0.481 e. The first-order valence-electron chi connectivity index (χ1n) is 5.61. The molecule has 0 atom stereocenters. The maximum Gasteiger partial charge on any atom is 0.324 e. The van der Waals surface area contributed by atoms with Gasteiger partial charge >= 0.3 is 5.00 Å². The van der Waals surface area contributed by atoms with E-state index >= 15 is 0 Å². The van der Waals surface area contributed by atoms with Crippen LogP contribution in [0.1, 0.15) is 15.2 Å². The van der Waals surface area contributed by atoms with Crippen molar-refractivity contribution in [3.63, 3.8) is 0 Å². The van der Waals surface area contributed by atoms with Crippen molar-refractivity contribution >= 4 is 22.2 Å². The van der Waals surface area contributed by atoms with Gasteiger partial charge in [0, 0.05) is 24.9 Å². The summed E-state index contributed by atoms with van der Waals surface area (Å²) in [4.78, 5) is 26.1. The van der Waals surface area contributed by atoms with Crippen molar-refractivity contribution in [2.75, 3.05) is 7.11 Å². The molecule has 0 aromatic carbocycles. The van der Waals surface area contributed by atoms with E-state index in [4.69, 9.17) is 4.74 Å². The molecule has 0 aliphatic heterocycles. The summed E-state index contributed by atoms with van der Waals surface area (Å²) in [6, 6.07) is 6.22. The van der Waals surface area contributed by atoms with E-state index in [-0.39, 0.29) is 10.9 Å². The molecule has 1 amide bonds. The van der Waals surface area contributed by atoms with Crippen molar-refractivity contribution in [1.82, 2.24) is 10.3 Å². The second-order valence-electron chi connectivity index (χ2n) is 3.79. The van der Waals surface area contributed by atoms with Crippen molar-refractivity contribution in [3.8, 4) is 5.88 Å². The first kappa shape index (κ1) is 13.9. The van der Waals surface area contributed by atoms with Crippen LogP contribution in [0.2, 0.25) is 0 Å². The quantitative estimate of drug-likeness (QED) is 0.672. The maximum atomic E-state index is 11.8. The number of carbonyl (C=O) groups excluding carboxylic acids is 1. The molecule has 0 unspecified atom stereocenters. The first-order valence-corrected chi connectivity index (χ1v) is 6.43. The molecule has 7 nitrogen and oxygen atoms in total. The van der Waals surface area contributed by atoms with Gasteiger partial charge in [-0.25, -0.2) is 4.98 Å². The minimum atomic E-state index is -0.519. The zero-order valence-electron chi connectivity index (χ0n) is 10.5. The number of amides is 1. The molecular formula is C12H11N3O4S. The number of carbonyl (C=O) groups is 1. The van der Waals surface area contributed by atoms with E-state index in [1.165, 1.54) is 19.2 Å². The second-order valence-corrected chi connectivity index (χ2v) is 4.85. The van der Waals surface area contributed by atoms with Crippen LogP contribution < -0.4 is 10.1 Å². The summed E-state index contributed by atoms with van der Waals surface area (Å²) in [5.41, 5.74) is 0.810. The number of methoxy groups -OCH3 is 1. The number of hydrogen-bond acceptors (Lipinski definition) is 6. The van der Waals surface area contributed by atoms with Crippen molar-refractivity contribution < 1.29 is 14.5 Å². The third-order valence-electron chi connectivity index (χ3n) is 2.46. The van der Waals surface area contributed by atoms with Crippen LogP contribution in [0, 0.1) is 10.1 Å². The van der Waals surface area contributed by atoms with Crippen molar-refractivity contribution in [3.05, 3.63) is 51.0 Å². The molecule has 2 rings (SSSR count). The average molecular weight is 293 g/mol. The number of nitrogens with one attached hydrogen (secondary N) is 1. The van der Waals surface area contributed by atoms with Crippen LogP contribution in [-0.2, 0) is 6.54 Å². The fourth-order valence-corrected chi connectivity index (χ4v) is 2.19. The summed E-state index contributed by atoms with van der Waals surface area (Å²) in [6.45, 7) is 0.293. The summed E-state index contributed by atoms with van der Waals surface area (Å²) in [5.74, 6) is 0.146. The molecule has 0 radical (unpaired) electrons. The van der Waals surface area contributed by atoms with Crippen LogP contribution in [0.15, 0.2) is 30.5 Å². The SMILES string of the molecule is COc1ccc(CNC(=O)c2ccc([N+](=O)[O-])s2)cn1. The van der Waals surface area contributed by atoms with Crippen LogP contribution >= 0.6 is 11.3 Å². The Morgan fingerprint density at radius 1 is 1.45 bits per heavy atom. The lowest BCUT2D eigenvalue weighted by Crippen LogP contribution is -2.21. The number of aromatic nitrogens is 1. The van der Waals surface area contributed by atoms with Gasteiger partial charge in [-0.1, -0.05) is 17.4 Å². The van der Waals surface area contributed by atoms with Gasteiger partial charge < -0.3 is 10.1 Å². The molecule has 104 valence electrons. The molecular weight excluding hydrogens is 282 g/mol. The third kappa shape index (κ3) is 3.29. The number of nitro groups is 1. The zero-order chi connectivity index (χ0) is 14.5. The van der Waals surface area contributed by atoms with E-state index in [0.29, 0.717) is 17.3 Å². The van der Waals surface area contributed by atoms with Gasteiger partial charge in [0.2, 0.25) is 5.88 Å². The molecule has 2 aromatic rings. The molecule has 2 aromatic heterocycles. The molecule has 0 spiro atoms. The first-order chi connectivity index (χ1) is 9.60. The molecule has 2 heterocycles. The van der Waals surface area contributed by atoms with Gasteiger partial charge in [0.05, 0.1) is 16.9 Å². The van der Waals surface area contributed by atoms with Crippen LogP contribution in [0.25, 0.3) is 0 Å². The largest absolute Gasteiger partial charge is 0.481 e. The molecule has 0 aliphatic rings. The van der Waals surface area contributed by atoms with Crippen LogP contribution in [-0.4, -0.2) is 22.9 Å². The Morgan fingerprint density at radius 3 is 2.80 bits per heavy atom. The second kappa shape index (κ2) is 6.11. The highest BCUT2D eigenvalue weighted by Gasteiger charge is 2.14. The van der Waals surface area contributed by atoms with Crippen molar-refractivity contribution in [1.29, 1.82) is 0 Å². The van der Waals surface area contributed by atoms with Crippen LogP contribution in [0.3, 0.4) is 0 Å². The van der Waals surface area contributed by atoms with Crippen LogP contribution in [0.5, 0.6) is 5.88 Å². The summed E-state index contributed by atoms with van der Waals surface area (Å²) in [6.07, 6.45) is 1.59. The fraction of sp³-hybridized carbons (Fsp3) is 0.167. The van der Waals surface area contributed by atoms with E-state index in [1.54, 1.807) is 18.3 Å². The van der Waals surface area contributed by atoms with Gasteiger partial charge in [-0.2, -0.15) is 0 Å². The molecule has 1 N–H and O–H groups in total. The lowest BCUT2D eigenvalue weighted by Gasteiger charge is -2.04. The number of ether oxygens (including phenoxy) is 1. The summed E-state index contributed by atoms with van der Waals surface area (Å²) < 4.78 is 4.93. The zero-order valence-corrected chi connectivity index (χ0v) is 11.3. The molecule has 0 fully saturated rings. The summed E-state index contributed by atoms with van der Waals surface area (Å²) >= 11 is 0.844. The Morgan fingerprint density at radius 2 is 2.25 bits per heavy atom. The molecule has 0 aliphatic carbocycles. The Bertz CT molecular complexity index is 624. The maximum absolute atomic E-state index is 11.8. The van der Waals surface area contributed by atoms with E-state index in [1.807, 2.05) is 0 Å². The topological polar surface area (TPSA) is 94.4 Å². The predicted octanol–water partition coefficient (Wildman–Crippen LogP) is 1.99. The smallest absolute Gasteiger partial charge is 0.324 e. The number of thiophene rings is 1. The van der Waals surface area contributed by atoms with E-state index < -0.39 is 4.92 Å². The Labute approximate surface area is 118 Å². The molecule has 8 heteroatoms. The summed E-state index contributed by atoms with van der Waals surface area (Å²) in [7, 11) is 1.52. The highest BCUT2D eigenvalue weighted by Crippen LogP contribution is 2.23. The molecule has 20 heavy (non-hydrogen) atoms. The predicted molar refractivity (Wildman–Crippen MR) is 72.9 cm³/mol. The monoisotopic (exact) mass is 293 g/mol. The number of hydrogen-bond donors (Lipinski definition) is 1. The minimum absolute atomic E-state index is 0.0544. The number of pyridine rings is 1. The molecule has 0 saturated heterocycles. The van der Waals surface area contributed by atoms with E-state index in [0.717, 1.165) is 16.9 Å². The standard InChI is InChI=1S/C12H11N3O4S/c1-19-10-4-2-8(6-13-10)7-14-12(16)9-3-5-11(20-9)15(17)18/h2-6H,7H2,1H3,(H,14,16). The Hall–Kier alpha value is -2.48. The van der Waals surface area contributed by atoms with Crippen molar-refractivity contribution in [2.45, 2.75) is 6.54 Å². The lowest BCUT2D eigenvalue weighted by molar-refractivity contribution is -0.380. The van der Waals surface area contributed by atoms with Crippen molar-refractivity contribution in [2.24, 2.45) is 0 Å². The molecule has 0 bridgehead atoms. The van der Waals surface area contributed by atoms with Gasteiger partial charge in [-0.05, 0) is 11.6 Å². The van der Waals surface area contributed by atoms with Gasteiger partial charge in [0.25, 0.3) is 5.91 Å². The van der Waals surface area contributed by atoms with E-state index in [9.17, 15) is 14.9 Å². The Kier molecular flexibility index (Phi) is 4.26. The van der Waals surface area contributed by atoms with Gasteiger partial charge in [0.15, 0.2) is 0 Å². The third-order valence-corrected chi connectivity index (χ3v) is 3.49. The average Bonchev–Trinajstić information content (AvgIpc) is 2.95. The fourth-order valence-electron chi connectivity index (χ4n) is 1.45. The van der Waals surface area contributed by atoms with Crippen LogP contribution in [0.4, 0.5) is 5.00 Å². The number of rotatable bonds is 5. The normalized spacial score (nSPS) is 10.1. The highest BCUT2D eigenvalue weighted by atomic mass is 32.1. The molecule has 0 saturated carbocycles. The Balaban J connectivity index is 1.95. The lowest BCUT2D eigenvalue weighted by atomic mass is 10.3. The highest BCUT2D eigenvalue weighted by molar-refractivity contribution is 7.17. The summed E-state index contributed by atoms with van der Waals surface area (Å²) in [5, 5.41) is 13.2. The van der Waals surface area contributed by atoms with E-state index in [2.05, 4.69) is 10.3 Å². The van der Waals surface area contributed by atoms with Gasteiger partial charge in [0.1, 0.15) is 0 Å².